The van der Waals surface area contributed by atoms with Gasteiger partial charge in [0.25, 0.3) is 5.91 Å². The average Bonchev–Trinajstić information content (AvgIpc) is 2.63. The molecule has 2 fully saturated rings. The normalized spacial score (nSPS) is 20.1. The molecule has 0 unspecified atom stereocenters. The summed E-state index contributed by atoms with van der Waals surface area (Å²) >= 11 is 0. The van der Waals surface area contributed by atoms with Crippen molar-refractivity contribution in [3.63, 3.8) is 0 Å². The summed E-state index contributed by atoms with van der Waals surface area (Å²) in [5.74, 6) is -0.0493. The van der Waals surface area contributed by atoms with Gasteiger partial charge in [-0.2, -0.15) is 0 Å². The molecule has 1 amide bonds. The van der Waals surface area contributed by atoms with Gasteiger partial charge in [0.1, 0.15) is 0 Å². The largest absolute Gasteiger partial charge is 0.379 e. The third kappa shape index (κ3) is 4.66. The Hall–Kier alpha value is -1.70. The number of amides is 1. The van der Waals surface area contributed by atoms with Crippen molar-refractivity contribution < 1.29 is 9.53 Å². The van der Waals surface area contributed by atoms with Gasteiger partial charge >= 0.3 is 0 Å². The molecule has 1 aromatic heterocycles. The van der Waals surface area contributed by atoms with Crippen LogP contribution in [0, 0.1) is 0 Å². The van der Waals surface area contributed by atoms with Gasteiger partial charge in [0.2, 0.25) is 0 Å². The number of rotatable bonds is 5. The number of anilines is 1. The lowest BCUT2D eigenvalue weighted by atomic mass is 10.2. The Morgan fingerprint density at radius 2 is 1.92 bits per heavy atom. The van der Waals surface area contributed by atoms with Crippen molar-refractivity contribution in [3.05, 3.63) is 24.0 Å². The predicted octanol–water partition coefficient (Wildman–Crippen LogP) is -0.105. The van der Waals surface area contributed by atoms with Crippen LogP contribution < -0.4 is 10.2 Å². The smallest absolute Gasteiger partial charge is 0.252 e. The summed E-state index contributed by atoms with van der Waals surface area (Å²) in [6.45, 7) is 8.98. The van der Waals surface area contributed by atoms with E-state index in [-0.39, 0.29) is 5.91 Å². The van der Waals surface area contributed by atoms with Crippen molar-refractivity contribution in [2.24, 2.45) is 0 Å². The molecule has 0 spiro atoms. The second kappa shape index (κ2) is 8.41. The van der Waals surface area contributed by atoms with Crippen molar-refractivity contribution in [1.29, 1.82) is 0 Å². The van der Waals surface area contributed by atoms with Crippen LogP contribution in [-0.4, -0.2) is 93.3 Å². The van der Waals surface area contributed by atoms with Crippen molar-refractivity contribution >= 4 is 11.6 Å². The molecule has 7 heteroatoms. The first kappa shape index (κ1) is 17.1. The van der Waals surface area contributed by atoms with E-state index in [1.165, 1.54) is 0 Å². The van der Waals surface area contributed by atoms with E-state index in [9.17, 15) is 4.79 Å². The maximum absolute atomic E-state index is 12.4. The molecule has 1 aromatic rings. The number of morpholine rings is 1. The summed E-state index contributed by atoms with van der Waals surface area (Å²) in [5.41, 5.74) is 1.66. The van der Waals surface area contributed by atoms with Crippen LogP contribution in [0.3, 0.4) is 0 Å². The molecule has 2 aliphatic heterocycles. The number of carbonyl (C=O) groups is 1. The van der Waals surface area contributed by atoms with Crippen LogP contribution in [-0.2, 0) is 4.74 Å². The molecule has 24 heavy (non-hydrogen) atoms. The van der Waals surface area contributed by atoms with E-state index < -0.39 is 0 Å². The molecule has 1 N–H and O–H groups in total. The molecule has 3 rings (SSSR count). The zero-order valence-electron chi connectivity index (χ0n) is 14.4. The Balaban J connectivity index is 1.50. The maximum atomic E-state index is 12.4. The van der Waals surface area contributed by atoms with Crippen LogP contribution in [0.25, 0.3) is 0 Å². The van der Waals surface area contributed by atoms with Gasteiger partial charge in [-0.25, -0.2) is 0 Å². The molecule has 7 nitrogen and oxygen atoms in total. The van der Waals surface area contributed by atoms with Crippen molar-refractivity contribution in [3.8, 4) is 0 Å². The minimum atomic E-state index is -0.0493. The average molecular weight is 333 g/mol. The van der Waals surface area contributed by atoms with Crippen LogP contribution in [0.2, 0.25) is 0 Å². The zero-order valence-corrected chi connectivity index (χ0v) is 14.4. The fraction of sp³-hybridized carbons (Fsp3) is 0.647. The fourth-order valence-electron chi connectivity index (χ4n) is 3.04. The molecule has 0 radical (unpaired) electrons. The first-order valence-electron chi connectivity index (χ1n) is 8.69. The molecular formula is C17H27N5O2. The van der Waals surface area contributed by atoms with Gasteiger partial charge in [0.15, 0.2) is 0 Å². The summed E-state index contributed by atoms with van der Waals surface area (Å²) in [5, 5.41) is 3.00. The highest BCUT2D eigenvalue weighted by atomic mass is 16.5. The summed E-state index contributed by atoms with van der Waals surface area (Å²) in [6, 6.07) is 1.95. The minimum Gasteiger partial charge on any atom is -0.379 e. The Morgan fingerprint density at radius 1 is 1.17 bits per heavy atom. The summed E-state index contributed by atoms with van der Waals surface area (Å²) in [4.78, 5) is 23.5. The molecule has 0 aromatic carbocycles. The maximum Gasteiger partial charge on any atom is 0.252 e. The predicted molar refractivity (Wildman–Crippen MR) is 93.5 cm³/mol. The minimum absolute atomic E-state index is 0.0493. The van der Waals surface area contributed by atoms with Gasteiger partial charge in [-0.15, -0.1) is 0 Å². The number of nitrogens with zero attached hydrogens (tertiary/aromatic N) is 4. The van der Waals surface area contributed by atoms with Gasteiger partial charge in [-0.3, -0.25) is 14.7 Å². The molecule has 3 heterocycles. The van der Waals surface area contributed by atoms with Gasteiger partial charge in [0.05, 0.1) is 30.7 Å². The molecular weight excluding hydrogens is 306 g/mol. The number of nitrogens with one attached hydrogen (secondary N) is 1. The number of aromatic nitrogens is 1. The van der Waals surface area contributed by atoms with E-state index in [0.29, 0.717) is 12.1 Å². The number of hydrogen-bond donors (Lipinski definition) is 1. The lowest BCUT2D eigenvalue weighted by Crippen LogP contribution is -2.44. The summed E-state index contributed by atoms with van der Waals surface area (Å²) < 4.78 is 5.33. The SMILES string of the molecule is CN1CCN(c2cncc(C(=O)NCCN3CCOCC3)c2)CC1. The van der Waals surface area contributed by atoms with E-state index in [0.717, 1.165) is 64.7 Å². The molecule has 0 bridgehead atoms. The Morgan fingerprint density at radius 3 is 2.67 bits per heavy atom. The Bertz CT molecular complexity index is 540. The van der Waals surface area contributed by atoms with Crippen LogP contribution in [0.5, 0.6) is 0 Å². The summed E-state index contributed by atoms with van der Waals surface area (Å²) in [6.07, 6.45) is 3.49. The molecule has 0 atom stereocenters. The number of hydrogen-bond acceptors (Lipinski definition) is 6. The molecule has 2 saturated heterocycles. The highest BCUT2D eigenvalue weighted by Crippen LogP contribution is 2.16. The zero-order chi connectivity index (χ0) is 16.8. The van der Waals surface area contributed by atoms with Crippen LogP contribution >= 0.6 is 0 Å². The van der Waals surface area contributed by atoms with E-state index in [1.54, 1.807) is 6.20 Å². The number of piperazine rings is 1. The highest BCUT2D eigenvalue weighted by Gasteiger charge is 2.16. The number of carbonyl (C=O) groups excluding carboxylic acids is 1. The third-order valence-corrected chi connectivity index (χ3v) is 4.67. The molecule has 0 saturated carbocycles. The van der Waals surface area contributed by atoms with E-state index in [1.807, 2.05) is 12.3 Å². The Kier molecular flexibility index (Phi) is 6.01. The van der Waals surface area contributed by atoms with E-state index >= 15 is 0 Å². The topological polar surface area (TPSA) is 60.9 Å². The van der Waals surface area contributed by atoms with Crippen molar-refractivity contribution in [1.82, 2.24) is 20.1 Å². The van der Waals surface area contributed by atoms with Crippen LogP contribution in [0.15, 0.2) is 18.5 Å². The Labute approximate surface area is 143 Å². The summed E-state index contributed by atoms with van der Waals surface area (Å²) in [7, 11) is 2.13. The first-order valence-corrected chi connectivity index (χ1v) is 8.69. The van der Waals surface area contributed by atoms with Gasteiger partial charge < -0.3 is 19.9 Å². The molecule has 132 valence electrons. The number of ether oxygens (including phenoxy) is 1. The number of pyridine rings is 1. The van der Waals surface area contributed by atoms with E-state index in [4.69, 9.17) is 4.74 Å². The van der Waals surface area contributed by atoms with Crippen molar-refractivity contribution in [2.45, 2.75) is 0 Å². The lowest BCUT2D eigenvalue weighted by Gasteiger charge is -2.33. The van der Waals surface area contributed by atoms with Crippen LogP contribution in [0.1, 0.15) is 10.4 Å². The van der Waals surface area contributed by atoms with Crippen molar-refractivity contribution in [2.75, 3.05) is 77.5 Å². The fourth-order valence-corrected chi connectivity index (χ4v) is 3.04. The molecule has 0 aliphatic carbocycles. The number of likely N-dealkylation sites (N-methyl/N-ethyl adjacent to an activating group) is 1. The standard InChI is InChI=1S/C17H27N5O2/c1-20-4-6-22(7-5-20)16-12-15(13-18-14-16)17(23)19-2-3-21-8-10-24-11-9-21/h12-14H,2-11H2,1H3,(H,19,23). The van der Waals surface area contributed by atoms with E-state index in [2.05, 4.69) is 32.0 Å². The third-order valence-electron chi connectivity index (χ3n) is 4.67. The first-order chi connectivity index (χ1) is 11.7. The van der Waals surface area contributed by atoms with Gasteiger partial charge in [-0.1, -0.05) is 0 Å². The highest BCUT2D eigenvalue weighted by molar-refractivity contribution is 5.94. The monoisotopic (exact) mass is 333 g/mol. The quantitative estimate of drug-likeness (QED) is 0.812. The second-order valence-corrected chi connectivity index (χ2v) is 6.43. The van der Waals surface area contributed by atoms with Gasteiger partial charge in [0, 0.05) is 58.6 Å². The second-order valence-electron chi connectivity index (χ2n) is 6.43. The van der Waals surface area contributed by atoms with Crippen LogP contribution in [0.4, 0.5) is 5.69 Å². The molecule has 2 aliphatic rings. The lowest BCUT2D eigenvalue weighted by molar-refractivity contribution is 0.0383. The van der Waals surface area contributed by atoms with Gasteiger partial charge in [-0.05, 0) is 13.1 Å².